The second-order valence-electron chi connectivity index (χ2n) is 3.49. The van der Waals surface area contributed by atoms with Crippen LogP contribution in [0.15, 0.2) is 18.3 Å². The highest BCUT2D eigenvalue weighted by atomic mass is 16.2. The lowest BCUT2D eigenvalue weighted by Crippen LogP contribution is -2.36. The first-order valence-corrected chi connectivity index (χ1v) is 5.14. The SMILES string of the molecule is CN(CC(N)=O)C(=O)c1ncccc1C#CCO. The lowest BCUT2D eigenvalue weighted by Gasteiger charge is -2.14. The lowest BCUT2D eigenvalue weighted by atomic mass is 10.2. The summed E-state index contributed by atoms with van der Waals surface area (Å²) in [6.07, 6.45) is 1.45. The normalized spacial score (nSPS) is 9.22. The van der Waals surface area contributed by atoms with Gasteiger partial charge < -0.3 is 15.7 Å². The monoisotopic (exact) mass is 247 g/mol. The first kappa shape index (κ1) is 13.7. The van der Waals surface area contributed by atoms with Crippen LogP contribution in [0, 0.1) is 11.8 Å². The summed E-state index contributed by atoms with van der Waals surface area (Å²) >= 11 is 0. The van der Waals surface area contributed by atoms with E-state index in [9.17, 15) is 9.59 Å². The fourth-order valence-electron chi connectivity index (χ4n) is 1.30. The largest absolute Gasteiger partial charge is 0.384 e. The van der Waals surface area contributed by atoms with Gasteiger partial charge >= 0.3 is 0 Å². The molecule has 0 saturated carbocycles. The Hall–Kier alpha value is -2.39. The van der Waals surface area contributed by atoms with Gasteiger partial charge in [-0.05, 0) is 12.1 Å². The Morgan fingerprint density at radius 2 is 2.28 bits per heavy atom. The highest BCUT2D eigenvalue weighted by Gasteiger charge is 2.17. The number of carbonyl (C=O) groups is 2. The maximum Gasteiger partial charge on any atom is 0.273 e. The average molecular weight is 247 g/mol. The minimum absolute atomic E-state index is 0.127. The number of hydrogen-bond acceptors (Lipinski definition) is 4. The van der Waals surface area contributed by atoms with Crippen LogP contribution in [-0.4, -0.2) is 47.0 Å². The van der Waals surface area contributed by atoms with Gasteiger partial charge in [0, 0.05) is 13.2 Å². The Morgan fingerprint density at radius 1 is 1.56 bits per heavy atom. The number of pyridine rings is 1. The highest BCUT2D eigenvalue weighted by Crippen LogP contribution is 2.06. The molecule has 18 heavy (non-hydrogen) atoms. The first-order valence-electron chi connectivity index (χ1n) is 5.14. The molecule has 0 aliphatic heterocycles. The summed E-state index contributed by atoms with van der Waals surface area (Å²) in [4.78, 5) is 27.8. The highest BCUT2D eigenvalue weighted by molar-refractivity contribution is 5.96. The Morgan fingerprint density at radius 3 is 2.89 bits per heavy atom. The van der Waals surface area contributed by atoms with Gasteiger partial charge in [-0.15, -0.1) is 0 Å². The zero-order valence-electron chi connectivity index (χ0n) is 9.88. The number of aliphatic hydroxyl groups excluding tert-OH is 1. The van der Waals surface area contributed by atoms with Crippen molar-refractivity contribution < 1.29 is 14.7 Å². The smallest absolute Gasteiger partial charge is 0.273 e. The Bertz CT molecular complexity index is 517. The van der Waals surface area contributed by atoms with E-state index in [4.69, 9.17) is 10.8 Å². The van der Waals surface area contributed by atoms with Crippen molar-refractivity contribution in [1.29, 1.82) is 0 Å². The number of carbonyl (C=O) groups excluding carboxylic acids is 2. The molecule has 1 aromatic heterocycles. The van der Waals surface area contributed by atoms with E-state index in [-0.39, 0.29) is 18.8 Å². The van der Waals surface area contributed by atoms with Gasteiger partial charge in [-0.1, -0.05) is 11.8 Å². The molecule has 2 amide bonds. The van der Waals surface area contributed by atoms with Gasteiger partial charge in [0.05, 0.1) is 12.1 Å². The van der Waals surface area contributed by atoms with Crippen molar-refractivity contribution in [3.05, 3.63) is 29.6 Å². The first-order chi connectivity index (χ1) is 8.56. The van der Waals surface area contributed by atoms with Crippen LogP contribution in [0.3, 0.4) is 0 Å². The molecule has 0 fully saturated rings. The Balaban J connectivity index is 3.01. The van der Waals surface area contributed by atoms with Gasteiger partial charge in [0.1, 0.15) is 12.3 Å². The average Bonchev–Trinajstić information content (AvgIpc) is 2.35. The molecule has 1 heterocycles. The summed E-state index contributed by atoms with van der Waals surface area (Å²) in [5.41, 5.74) is 5.54. The van der Waals surface area contributed by atoms with Crippen LogP contribution in [0.2, 0.25) is 0 Å². The number of aliphatic hydroxyl groups is 1. The van der Waals surface area contributed by atoms with Crippen LogP contribution < -0.4 is 5.73 Å². The Kier molecular flexibility index (Phi) is 4.84. The number of likely N-dealkylation sites (N-methyl/N-ethyl adjacent to an activating group) is 1. The predicted octanol–water partition coefficient (Wildman–Crippen LogP) is -1.02. The number of rotatable bonds is 3. The molecule has 0 radical (unpaired) electrons. The summed E-state index contributed by atoms with van der Waals surface area (Å²) in [6, 6.07) is 3.24. The molecule has 1 aromatic rings. The predicted molar refractivity (Wildman–Crippen MR) is 64.4 cm³/mol. The van der Waals surface area contributed by atoms with E-state index in [1.165, 1.54) is 13.2 Å². The van der Waals surface area contributed by atoms with Crippen LogP contribution in [0.25, 0.3) is 0 Å². The van der Waals surface area contributed by atoms with Crippen molar-refractivity contribution in [2.24, 2.45) is 5.73 Å². The van der Waals surface area contributed by atoms with Gasteiger partial charge in [-0.2, -0.15) is 0 Å². The van der Waals surface area contributed by atoms with E-state index in [1.54, 1.807) is 12.1 Å². The molecule has 6 heteroatoms. The molecule has 0 spiro atoms. The van der Waals surface area contributed by atoms with Gasteiger partial charge in [-0.3, -0.25) is 9.59 Å². The molecular formula is C12H13N3O3. The van der Waals surface area contributed by atoms with E-state index >= 15 is 0 Å². The number of hydrogen-bond donors (Lipinski definition) is 2. The van der Waals surface area contributed by atoms with Crippen molar-refractivity contribution >= 4 is 11.8 Å². The zero-order valence-corrected chi connectivity index (χ0v) is 9.88. The van der Waals surface area contributed by atoms with Gasteiger partial charge in [-0.25, -0.2) is 4.98 Å². The number of nitrogens with zero attached hydrogens (tertiary/aromatic N) is 2. The summed E-state index contributed by atoms with van der Waals surface area (Å²) in [5.74, 6) is 4.01. The van der Waals surface area contributed by atoms with Crippen LogP contribution in [-0.2, 0) is 4.79 Å². The van der Waals surface area contributed by atoms with Crippen molar-refractivity contribution in [1.82, 2.24) is 9.88 Å². The molecule has 0 aliphatic carbocycles. The van der Waals surface area contributed by atoms with Crippen LogP contribution in [0.5, 0.6) is 0 Å². The summed E-state index contributed by atoms with van der Waals surface area (Å²) in [7, 11) is 1.45. The minimum atomic E-state index is -0.607. The molecule has 0 unspecified atom stereocenters. The van der Waals surface area contributed by atoms with Gasteiger partial charge in [0.25, 0.3) is 5.91 Å². The lowest BCUT2D eigenvalue weighted by molar-refractivity contribution is -0.118. The molecule has 1 rings (SSSR count). The zero-order chi connectivity index (χ0) is 13.5. The molecule has 3 N–H and O–H groups in total. The summed E-state index contributed by atoms with van der Waals surface area (Å²) in [6.45, 7) is -0.498. The van der Waals surface area contributed by atoms with E-state index in [2.05, 4.69) is 16.8 Å². The van der Waals surface area contributed by atoms with E-state index in [0.29, 0.717) is 5.56 Å². The number of amides is 2. The van der Waals surface area contributed by atoms with Crippen molar-refractivity contribution in [3.63, 3.8) is 0 Å². The molecule has 0 aliphatic rings. The van der Waals surface area contributed by atoms with Crippen LogP contribution in [0.1, 0.15) is 16.1 Å². The Labute approximate surface area is 104 Å². The maximum absolute atomic E-state index is 12.0. The second kappa shape index (κ2) is 6.37. The molecule has 6 nitrogen and oxygen atoms in total. The summed E-state index contributed by atoms with van der Waals surface area (Å²) in [5, 5.41) is 8.63. The van der Waals surface area contributed by atoms with Crippen LogP contribution in [0.4, 0.5) is 0 Å². The standard InChI is InChI=1S/C12H13N3O3/c1-15(8-10(13)17)12(18)11-9(5-3-7-16)4-2-6-14-11/h2,4,6,16H,7-8H2,1H3,(H2,13,17). The van der Waals surface area contributed by atoms with Crippen LogP contribution >= 0.6 is 0 Å². The van der Waals surface area contributed by atoms with E-state index in [0.717, 1.165) is 4.90 Å². The molecule has 94 valence electrons. The number of nitrogens with two attached hydrogens (primary N) is 1. The molecule has 0 atom stereocenters. The van der Waals surface area contributed by atoms with Crippen molar-refractivity contribution in [3.8, 4) is 11.8 Å². The molecule has 0 saturated heterocycles. The quantitative estimate of drug-likeness (QED) is 0.668. The fourth-order valence-corrected chi connectivity index (χ4v) is 1.30. The third kappa shape index (κ3) is 3.57. The van der Waals surface area contributed by atoms with Gasteiger partial charge in [0.15, 0.2) is 0 Å². The molecule has 0 bridgehead atoms. The molecule has 0 aromatic carbocycles. The summed E-state index contributed by atoms with van der Waals surface area (Å²) < 4.78 is 0. The second-order valence-corrected chi connectivity index (χ2v) is 3.49. The number of aromatic nitrogens is 1. The topological polar surface area (TPSA) is 96.5 Å². The van der Waals surface area contributed by atoms with Gasteiger partial charge in [0.2, 0.25) is 5.91 Å². The van der Waals surface area contributed by atoms with E-state index in [1.807, 2.05) is 0 Å². The number of primary amides is 1. The third-order valence-corrected chi connectivity index (χ3v) is 2.05. The van der Waals surface area contributed by atoms with Crippen molar-refractivity contribution in [2.45, 2.75) is 0 Å². The minimum Gasteiger partial charge on any atom is -0.384 e. The maximum atomic E-state index is 12.0. The third-order valence-electron chi connectivity index (χ3n) is 2.05. The van der Waals surface area contributed by atoms with Crippen molar-refractivity contribution in [2.75, 3.05) is 20.2 Å². The molecular weight excluding hydrogens is 234 g/mol. The van der Waals surface area contributed by atoms with E-state index < -0.39 is 11.8 Å². The fraction of sp³-hybridized carbons (Fsp3) is 0.250.